The first-order chi connectivity index (χ1) is 7.52. The third-order valence-corrected chi connectivity index (χ3v) is 2.83. The molecule has 16 heavy (non-hydrogen) atoms. The van der Waals surface area contributed by atoms with Crippen molar-refractivity contribution in [1.29, 1.82) is 0 Å². The van der Waals surface area contributed by atoms with E-state index < -0.39 is 0 Å². The average molecular weight is 239 g/mol. The summed E-state index contributed by atoms with van der Waals surface area (Å²) in [6.45, 7) is 3.61. The smallest absolute Gasteiger partial charge is 0.169 e. The third-order valence-electron chi connectivity index (χ3n) is 2.45. The monoisotopic (exact) mass is 238 g/mol. The maximum absolute atomic E-state index is 11.9. The van der Waals surface area contributed by atoms with Crippen LogP contribution in [-0.4, -0.2) is 10.9 Å². The van der Waals surface area contributed by atoms with E-state index in [1.54, 1.807) is 19.9 Å². The quantitative estimate of drug-likeness (QED) is 0.813. The molecule has 1 aromatic heterocycles. The van der Waals surface area contributed by atoms with E-state index in [1.807, 2.05) is 0 Å². The van der Waals surface area contributed by atoms with Crippen LogP contribution in [0.1, 0.15) is 24.2 Å². The lowest BCUT2D eigenvalue weighted by Crippen LogP contribution is -2.06. The first-order valence-electron chi connectivity index (χ1n) is 4.95. The van der Waals surface area contributed by atoms with Crippen molar-refractivity contribution in [2.75, 3.05) is 0 Å². The summed E-state index contributed by atoms with van der Waals surface area (Å²) in [6.07, 6.45) is 1.39. The molecule has 0 fully saturated rings. The molecular formula is C12H11ClO3. The minimum absolute atomic E-state index is 0.0478. The van der Waals surface area contributed by atoms with Gasteiger partial charge in [-0.2, -0.15) is 0 Å². The molecule has 0 saturated carbocycles. The van der Waals surface area contributed by atoms with Gasteiger partial charge in [-0.1, -0.05) is 25.4 Å². The highest BCUT2D eigenvalue weighted by atomic mass is 35.5. The van der Waals surface area contributed by atoms with Crippen molar-refractivity contribution in [2.24, 2.45) is 5.92 Å². The number of rotatable bonds is 2. The van der Waals surface area contributed by atoms with Gasteiger partial charge in [0, 0.05) is 5.92 Å². The van der Waals surface area contributed by atoms with Gasteiger partial charge in [0.1, 0.15) is 17.6 Å². The number of hydrogen-bond donors (Lipinski definition) is 1. The third kappa shape index (κ3) is 1.57. The van der Waals surface area contributed by atoms with E-state index in [1.165, 1.54) is 12.3 Å². The molecule has 0 unspecified atom stereocenters. The number of ketones is 1. The van der Waals surface area contributed by atoms with Gasteiger partial charge in [-0.3, -0.25) is 4.79 Å². The number of benzene rings is 1. The lowest BCUT2D eigenvalue weighted by atomic mass is 10.0. The number of hydrogen-bond acceptors (Lipinski definition) is 3. The fraction of sp³-hybridized carbons (Fsp3) is 0.250. The summed E-state index contributed by atoms with van der Waals surface area (Å²) in [7, 11) is 0. The molecule has 1 N–H and O–H groups in total. The highest BCUT2D eigenvalue weighted by molar-refractivity contribution is 6.38. The number of fused-ring (bicyclic) bond motifs is 1. The minimum Gasteiger partial charge on any atom is -0.506 e. The lowest BCUT2D eigenvalue weighted by molar-refractivity contribution is 0.0940. The number of Topliss-reactive ketones (excluding diaryl/α,β-unsaturated/α-hetero) is 1. The maximum atomic E-state index is 11.9. The van der Waals surface area contributed by atoms with Crippen LogP contribution in [-0.2, 0) is 0 Å². The Bertz CT molecular complexity index is 555. The second kappa shape index (κ2) is 3.83. The molecule has 0 aliphatic carbocycles. The van der Waals surface area contributed by atoms with E-state index in [9.17, 15) is 9.90 Å². The van der Waals surface area contributed by atoms with Gasteiger partial charge in [0.05, 0.1) is 16.0 Å². The number of carbonyl (C=O) groups excluding carboxylic acids is 1. The molecule has 0 spiro atoms. The Hall–Kier alpha value is -1.48. The predicted molar refractivity (Wildman–Crippen MR) is 62.1 cm³/mol. The fourth-order valence-corrected chi connectivity index (χ4v) is 1.83. The summed E-state index contributed by atoms with van der Waals surface area (Å²) < 4.78 is 5.24. The average Bonchev–Trinajstić information content (AvgIpc) is 2.66. The Morgan fingerprint density at radius 3 is 2.75 bits per heavy atom. The topological polar surface area (TPSA) is 50.4 Å². The summed E-state index contributed by atoms with van der Waals surface area (Å²) in [5.74, 6) is -0.237. The predicted octanol–water partition coefficient (Wildman–Crippen LogP) is 3.63. The molecule has 2 rings (SSSR count). The Morgan fingerprint density at radius 2 is 2.12 bits per heavy atom. The zero-order valence-electron chi connectivity index (χ0n) is 8.95. The van der Waals surface area contributed by atoms with Crippen LogP contribution >= 0.6 is 11.6 Å². The summed E-state index contributed by atoms with van der Waals surface area (Å²) in [6, 6.07) is 3.03. The molecular weight excluding hydrogens is 228 g/mol. The molecule has 0 saturated heterocycles. The number of phenolic OH excluding ortho intramolecular Hbond substituents is 1. The van der Waals surface area contributed by atoms with Crippen LogP contribution in [0.2, 0.25) is 5.02 Å². The molecule has 0 radical (unpaired) electrons. The van der Waals surface area contributed by atoms with Crippen LogP contribution < -0.4 is 0 Å². The van der Waals surface area contributed by atoms with Gasteiger partial charge < -0.3 is 9.52 Å². The molecule has 0 bridgehead atoms. The van der Waals surface area contributed by atoms with Crippen molar-refractivity contribution in [2.45, 2.75) is 13.8 Å². The van der Waals surface area contributed by atoms with E-state index in [4.69, 9.17) is 16.0 Å². The van der Waals surface area contributed by atoms with Crippen LogP contribution in [0.4, 0.5) is 0 Å². The summed E-state index contributed by atoms with van der Waals surface area (Å²) in [5, 5.41) is 10.1. The molecule has 2 aromatic rings. The van der Waals surface area contributed by atoms with Crippen LogP contribution in [0.5, 0.6) is 5.75 Å². The zero-order valence-corrected chi connectivity index (χ0v) is 9.71. The van der Waals surface area contributed by atoms with Gasteiger partial charge in [0.15, 0.2) is 5.78 Å². The van der Waals surface area contributed by atoms with E-state index in [0.29, 0.717) is 16.5 Å². The van der Waals surface area contributed by atoms with Gasteiger partial charge in [0.25, 0.3) is 0 Å². The Balaban J connectivity index is 2.72. The van der Waals surface area contributed by atoms with Crippen molar-refractivity contribution >= 4 is 28.4 Å². The summed E-state index contributed by atoms with van der Waals surface area (Å²) >= 11 is 5.96. The normalized spacial score (nSPS) is 11.2. The van der Waals surface area contributed by atoms with Crippen LogP contribution in [0.25, 0.3) is 11.0 Å². The molecule has 0 aliphatic rings. The second-order valence-corrected chi connectivity index (χ2v) is 4.32. The number of carbonyl (C=O) groups is 1. The number of halogens is 1. The molecule has 4 heteroatoms. The number of furan rings is 1. The first kappa shape index (κ1) is 11.0. The second-order valence-electron chi connectivity index (χ2n) is 3.94. The maximum Gasteiger partial charge on any atom is 0.169 e. The number of phenols is 1. The van der Waals surface area contributed by atoms with Crippen molar-refractivity contribution in [3.63, 3.8) is 0 Å². The molecule has 0 aliphatic heterocycles. The fourth-order valence-electron chi connectivity index (χ4n) is 1.57. The highest BCUT2D eigenvalue weighted by Crippen LogP contribution is 2.35. The SMILES string of the molecule is CC(C)C(=O)c1coc2ccc(O)c(Cl)c12. The molecule has 84 valence electrons. The molecule has 3 nitrogen and oxygen atoms in total. The van der Waals surface area contributed by atoms with Crippen molar-refractivity contribution in [3.8, 4) is 5.75 Å². The first-order valence-corrected chi connectivity index (χ1v) is 5.33. The summed E-state index contributed by atoms with van der Waals surface area (Å²) in [5.41, 5.74) is 0.928. The van der Waals surface area contributed by atoms with Gasteiger partial charge in [-0.05, 0) is 12.1 Å². The Morgan fingerprint density at radius 1 is 1.44 bits per heavy atom. The standard InChI is InChI=1S/C12H11ClO3/c1-6(2)12(15)7-5-16-9-4-3-8(14)11(13)10(7)9/h3-6,14H,1-2H3. The van der Waals surface area contributed by atoms with Gasteiger partial charge in [-0.25, -0.2) is 0 Å². The Labute approximate surface area is 97.6 Å². The van der Waals surface area contributed by atoms with E-state index in [-0.39, 0.29) is 22.5 Å². The van der Waals surface area contributed by atoms with Crippen molar-refractivity contribution < 1.29 is 14.3 Å². The van der Waals surface area contributed by atoms with Crippen LogP contribution in [0.3, 0.4) is 0 Å². The van der Waals surface area contributed by atoms with Crippen molar-refractivity contribution in [3.05, 3.63) is 29.0 Å². The van der Waals surface area contributed by atoms with Crippen LogP contribution in [0, 0.1) is 5.92 Å². The largest absolute Gasteiger partial charge is 0.506 e. The summed E-state index contributed by atoms with van der Waals surface area (Å²) in [4.78, 5) is 11.9. The van der Waals surface area contributed by atoms with E-state index in [2.05, 4.69) is 0 Å². The number of aromatic hydroxyl groups is 1. The molecule has 1 heterocycles. The minimum atomic E-state index is -0.140. The van der Waals surface area contributed by atoms with Gasteiger partial charge in [0.2, 0.25) is 0 Å². The van der Waals surface area contributed by atoms with Gasteiger partial charge >= 0.3 is 0 Å². The molecule has 1 aromatic carbocycles. The lowest BCUT2D eigenvalue weighted by Gasteiger charge is -2.03. The Kier molecular flexibility index (Phi) is 2.64. The van der Waals surface area contributed by atoms with Gasteiger partial charge in [-0.15, -0.1) is 0 Å². The van der Waals surface area contributed by atoms with Crippen LogP contribution in [0.15, 0.2) is 22.8 Å². The van der Waals surface area contributed by atoms with E-state index in [0.717, 1.165) is 0 Å². The molecule has 0 amide bonds. The highest BCUT2D eigenvalue weighted by Gasteiger charge is 2.20. The van der Waals surface area contributed by atoms with Crippen molar-refractivity contribution in [1.82, 2.24) is 0 Å². The van der Waals surface area contributed by atoms with E-state index >= 15 is 0 Å². The zero-order chi connectivity index (χ0) is 11.9. The molecule has 0 atom stereocenters.